The van der Waals surface area contributed by atoms with Crippen molar-refractivity contribution in [3.05, 3.63) is 83.1 Å². The predicted molar refractivity (Wildman–Crippen MR) is 133 cm³/mol. The van der Waals surface area contributed by atoms with Crippen molar-refractivity contribution in [2.24, 2.45) is 4.99 Å². The molecule has 160 valence electrons. The van der Waals surface area contributed by atoms with Crippen LogP contribution in [-0.4, -0.2) is 33.9 Å². The van der Waals surface area contributed by atoms with Gasteiger partial charge in [0, 0.05) is 24.0 Å². The van der Waals surface area contributed by atoms with Gasteiger partial charge in [0.1, 0.15) is 0 Å². The molecule has 3 aromatic rings. The van der Waals surface area contributed by atoms with E-state index in [0.29, 0.717) is 11.0 Å². The molecule has 0 aliphatic heterocycles. The number of rotatable bonds is 7. The van der Waals surface area contributed by atoms with Gasteiger partial charge in [-0.25, -0.2) is 4.68 Å². The number of hydrogen-bond acceptors (Lipinski definition) is 3. The topological polar surface area (TPSA) is 74.5 Å². The van der Waals surface area contributed by atoms with E-state index in [4.69, 9.17) is 11.6 Å². The highest BCUT2D eigenvalue weighted by molar-refractivity contribution is 14.0. The van der Waals surface area contributed by atoms with Gasteiger partial charge in [-0.3, -0.25) is 4.99 Å². The highest BCUT2D eigenvalue weighted by atomic mass is 127. The van der Waals surface area contributed by atoms with E-state index in [1.165, 1.54) is 0 Å². The summed E-state index contributed by atoms with van der Waals surface area (Å²) in [6.45, 7) is 5.06. The molecule has 0 aliphatic rings. The second-order valence-corrected chi connectivity index (χ2v) is 7.14. The average molecular weight is 540 g/mol. The predicted octanol–water partition coefficient (Wildman–Crippen LogP) is 4.49. The summed E-state index contributed by atoms with van der Waals surface area (Å²) in [5.74, 6) is 0.650. The maximum Gasteiger partial charge on any atom is 0.191 e. The maximum atomic E-state index is 10.4. The van der Waals surface area contributed by atoms with E-state index in [0.717, 1.165) is 23.4 Å². The van der Waals surface area contributed by atoms with Crippen LogP contribution in [0.15, 0.2) is 72.0 Å². The molecule has 1 aromatic heterocycles. The van der Waals surface area contributed by atoms with Gasteiger partial charge in [-0.05, 0) is 55.3 Å². The molecule has 0 radical (unpaired) electrons. The van der Waals surface area contributed by atoms with Crippen molar-refractivity contribution in [3.63, 3.8) is 0 Å². The number of benzene rings is 2. The minimum absolute atomic E-state index is 0. The summed E-state index contributed by atoms with van der Waals surface area (Å²) >= 11 is 5.91. The van der Waals surface area contributed by atoms with Crippen molar-refractivity contribution < 1.29 is 5.11 Å². The first-order chi connectivity index (χ1) is 14.1. The first kappa shape index (κ1) is 24.2. The standard InChI is InChI=1S/C22H26ClN5O.HI/c1-3-24-22(25-15-21(29)17-8-10-19(23)11-9-17)27-16(2)18-6-4-7-20(14-18)28-13-5-12-26-28;/h4-14,16,21,29H,3,15H2,1-2H3,(H2,24,25,27);1H. The molecule has 6 nitrogen and oxygen atoms in total. The average Bonchev–Trinajstić information content (AvgIpc) is 3.27. The van der Waals surface area contributed by atoms with Gasteiger partial charge in [-0.2, -0.15) is 5.10 Å². The molecule has 0 bridgehead atoms. The number of halogens is 2. The Morgan fingerprint density at radius 3 is 2.60 bits per heavy atom. The van der Waals surface area contributed by atoms with Gasteiger partial charge < -0.3 is 15.7 Å². The summed E-state index contributed by atoms with van der Waals surface area (Å²) in [4.78, 5) is 4.54. The molecule has 3 rings (SSSR count). The normalized spacial score (nSPS) is 13.3. The van der Waals surface area contributed by atoms with Gasteiger partial charge in [0.25, 0.3) is 0 Å². The number of aliphatic hydroxyl groups excluding tert-OH is 1. The molecular weight excluding hydrogens is 513 g/mol. The molecule has 0 saturated carbocycles. The molecule has 8 heteroatoms. The smallest absolute Gasteiger partial charge is 0.191 e. The Morgan fingerprint density at radius 2 is 1.93 bits per heavy atom. The third-order valence-electron chi connectivity index (χ3n) is 4.51. The van der Waals surface area contributed by atoms with E-state index in [1.807, 2.05) is 48.1 Å². The largest absolute Gasteiger partial charge is 0.386 e. The Balaban J connectivity index is 0.00000320. The van der Waals surface area contributed by atoms with Crippen molar-refractivity contribution in [1.29, 1.82) is 0 Å². The Morgan fingerprint density at radius 1 is 1.17 bits per heavy atom. The van der Waals surface area contributed by atoms with E-state index < -0.39 is 6.10 Å². The van der Waals surface area contributed by atoms with Gasteiger partial charge in [0.05, 0.1) is 24.4 Å². The number of guanidine groups is 1. The van der Waals surface area contributed by atoms with Crippen LogP contribution in [0.2, 0.25) is 5.02 Å². The molecule has 0 aliphatic carbocycles. The molecule has 2 atom stereocenters. The highest BCUT2D eigenvalue weighted by Crippen LogP contribution is 2.18. The second-order valence-electron chi connectivity index (χ2n) is 6.70. The zero-order valence-electron chi connectivity index (χ0n) is 17.0. The Hall–Kier alpha value is -2.10. The van der Waals surface area contributed by atoms with Crippen LogP contribution < -0.4 is 10.6 Å². The van der Waals surface area contributed by atoms with E-state index >= 15 is 0 Å². The van der Waals surface area contributed by atoms with Crippen molar-refractivity contribution in [2.75, 3.05) is 13.1 Å². The molecule has 0 saturated heterocycles. The summed E-state index contributed by atoms with van der Waals surface area (Å²) in [7, 11) is 0. The van der Waals surface area contributed by atoms with Crippen LogP contribution in [0.4, 0.5) is 0 Å². The van der Waals surface area contributed by atoms with Crippen LogP contribution in [0.25, 0.3) is 5.69 Å². The summed E-state index contributed by atoms with van der Waals surface area (Å²) in [5, 5.41) is 22.0. The van der Waals surface area contributed by atoms with E-state index in [2.05, 4.69) is 39.8 Å². The van der Waals surface area contributed by atoms with Crippen LogP contribution in [0.3, 0.4) is 0 Å². The first-order valence-electron chi connectivity index (χ1n) is 9.65. The van der Waals surface area contributed by atoms with Gasteiger partial charge in [0.2, 0.25) is 0 Å². The van der Waals surface area contributed by atoms with Gasteiger partial charge in [0.15, 0.2) is 5.96 Å². The molecule has 0 spiro atoms. The highest BCUT2D eigenvalue weighted by Gasteiger charge is 2.11. The molecule has 2 aromatic carbocycles. The molecule has 2 unspecified atom stereocenters. The second kappa shape index (κ2) is 11.9. The zero-order valence-corrected chi connectivity index (χ0v) is 20.1. The molecule has 3 N–H and O–H groups in total. The van der Waals surface area contributed by atoms with Crippen LogP contribution >= 0.6 is 35.6 Å². The SMILES string of the molecule is CCNC(=NCC(O)c1ccc(Cl)cc1)NC(C)c1cccc(-n2cccn2)c1.I. The molecule has 0 fully saturated rings. The Kier molecular flexibility index (Phi) is 9.61. The number of aromatic nitrogens is 2. The third-order valence-corrected chi connectivity index (χ3v) is 4.77. The van der Waals surface area contributed by atoms with Gasteiger partial charge in [-0.15, -0.1) is 24.0 Å². The quantitative estimate of drug-likeness (QED) is 0.235. The molecule has 0 amide bonds. The van der Waals surface area contributed by atoms with Crippen molar-refractivity contribution >= 4 is 41.5 Å². The van der Waals surface area contributed by atoms with E-state index in [1.54, 1.807) is 18.3 Å². The molecule has 30 heavy (non-hydrogen) atoms. The summed E-state index contributed by atoms with van der Waals surface area (Å²) in [6, 6.07) is 17.3. The zero-order chi connectivity index (χ0) is 20.6. The fourth-order valence-corrected chi connectivity index (χ4v) is 3.06. The van der Waals surface area contributed by atoms with Crippen LogP contribution in [0, 0.1) is 0 Å². The monoisotopic (exact) mass is 539 g/mol. The Bertz CT molecular complexity index is 931. The summed E-state index contributed by atoms with van der Waals surface area (Å²) in [5.41, 5.74) is 2.90. The van der Waals surface area contributed by atoms with E-state index in [-0.39, 0.29) is 36.6 Å². The lowest BCUT2D eigenvalue weighted by Crippen LogP contribution is -2.39. The van der Waals surface area contributed by atoms with E-state index in [9.17, 15) is 5.11 Å². The Labute approximate surface area is 199 Å². The summed E-state index contributed by atoms with van der Waals surface area (Å²) in [6.07, 6.45) is 2.98. The lowest BCUT2D eigenvalue weighted by molar-refractivity contribution is 0.187. The van der Waals surface area contributed by atoms with Crippen LogP contribution in [0.5, 0.6) is 0 Å². The maximum absolute atomic E-state index is 10.4. The fraction of sp³-hybridized carbons (Fsp3) is 0.273. The number of aliphatic imine (C=N–C) groups is 1. The fourth-order valence-electron chi connectivity index (χ4n) is 2.93. The van der Waals surface area contributed by atoms with Crippen LogP contribution in [-0.2, 0) is 0 Å². The number of nitrogens with one attached hydrogen (secondary N) is 2. The number of aliphatic hydroxyl groups is 1. The lowest BCUT2D eigenvalue weighted by atomic mass is 10.1. The molecular formula is C22H27ClIN5O. The molecule has 1 heterocycles. The van der Waals surface area contributed by atoms with Gasteiger partial charge in [-0.1, -0.05) is 35.9 Å². The minimum atomic E-state index is -0.693. The minimum Gasteiger partial charge on any atom is -0.386 e. The third kappa shape index (κ3) is 6.72. The van der Waals surface area contributed by atoms with Crippen molar-refractivity contribution in [3.8, 4) is 5.69 Å². The van der Waals surface area contributed by atoms with Crippen LogP contribution in [0.1, 0.15) is 37.1 Å². The summed E-state index contributed by atoms with van der Waals surface area (Å²) < 4.78 is 1.83. The number of hydrogen-bond donors (Lipinski definition) is 3. The number of nitrogens with zero attached hydrogens (tertiary/aromatic N) is 3. The van der Waals surface area contributed by atoms with Gasteiger partial charge >= 0.3 is 0 Å². The first-order valence-corrected chi connectivity index (χ1v) is 10.0. The van der Waals surface area contributed by atoms with Crippen molar-refractivity contribution in [2.45, 2.75) is 26.0 Å². The van der Waals surface area contributed by atoms with Crippen molar-refractivity contribution in [1.82, 2.24) is 20.4 Å². The lowest BCUT2D eigenvalue weighted by Gasteiger charge is -2.19.